The molecule has 0 amide bonds. The van der Waals surface area contributed by atoms with E-state index in [0.717, 1.165) is 0 Å². The van der Waals surface area contributed by atoms with Crippen molar-refractivity contribution in [3.05, 3.63) is 24.8 Å². The molecule has 0 bridgehead atoms. The van der Waals surface area contributed by atoms with Gasteiger partial charge < -0.3 is 5.11 Å². The molecule has 0 aromatic carbocycles. The van der Waals surface area contributed by atoms with Gasteiger partial charge in [-0.05, 0) is 12.3 Å². The highest BCUT2D eigenvalue weighted by Gasteiger charge is 2.40. The number of hydrogen-bond acceptors (Lipinski definition) is 1. The van der Waals surface area contributed by atoms with Crippen LogP contribution in [0, 0.1) is 11.3 Å². The average molecular weight is 182 g/mol. The van der Waals surface area contributed by atoms with Gasteiger partial charge >= 0.3 is 0 Å². The lowest BCUT2D eigenvalue weighted by Crippen LogP contribution is -2.45. The first-order valence-electron chi connectivity index (χ1n) is 4.78. The summed E-state index contributed by atoms with van der Waals surface area (Å²) in [6, 6.07) is 0. The Morgan fingerprint density at radius 1 is 1.31 bits per heavy atom. The van der Waals surface area contributed by atoms with Crippen molar-refractivity contribution in [3.63, 3.8) is 0 Å². The fraction of sp³-hybridized carbons (Fsp3) is 0.667. The van der Waals surface area contributed by atoms with Crippen molar-refractivity contribution in [3.8, 4) is 0 Å². The summed E-state index contributed by atoms with van der Waals surface area (Å²) in [4.78, 5) is 0. The molecule has 2 atom stereocenters. The van der Waals surface area contributed by atoms with Crippen molar-refractivity contribution in [2.24, 2.45) is 11.3 Å². The highest BCUT2D eigenvalue weighted by atomic mass is 16.3. The molecule has 0 aromatic rings. The third kappa shape index (κ3) is 2.44. The van der Waals surface area contributed by atoms with Gasteiger partial charge in [0.2, 0.25) is 0 Å². The Morgan fingerprint density at radius 3 is 2.00 bits per heavy atom. The van der Waals surface area contributed by atoms with Gasteiger partial charge in [0.05, 0.1) is 5.60 Å². The minimum absolute atomic E-state index is 0.0590. The molecule has 1 nitrogen and oxygen atoms in total. The molecule has 76 valence electrons. The van der Waals surface area contributed by atoms with Crippen LogP contribution < -0.4 is 0 Å². The summed E-state index contributed by atoms with van der Waals surface area (Å²) < 4.78 is 0. The maximum Gasteiger partial charge on any atom is 0.0935 e. The second-order valence-corrected chi connectivity index (χ2v) is 4.60. The molecule has 0 radical (unpaired) electrons. The molecular weight excluding hydrogens is 160 g/mol. The van der Waals surface area contributed by atoms with Gasteiger partial charge in [0.15, 0.2) is 0 Å². The first-order chi connectivity index (χ1) is 5.79. The molecule has 1 heteroatoms. The van der Waals surface area contributed by atoms with Gasteiger partial charge in [-0.1, -0.05) is 45.9 Å². The predicted octanol–water partition coefficient (Wildman–Crippen LogP) is 3.16. The van der Waals surface area contributed by atoms with Crippen molar-refractivity contribution in [1.29, 1.82) is 0 Å². The number of rotatable bonds is 3. The summed E-state index contributed by atoms with van der Waals surface area (Å²) >= 11 is 0. The summed E-state index contributed by atoms with van der Waals surface area (Å²) in [5.41, 5.74) is -0.976. The quantitative estimate of drug-likeness (QED) is 0.665. The van der Waals surface area contributed by atoms with Crippen LogP contribution in [0.3, 0.4) is 0 Å². The van der Waals surface area contributed by atoms with Crippen LogP contribution in [0.5, 0.6) is 0 Å². The Labute approximate surface area is 82.2 Å². The van der Waals surface area contributed by atoms with E-state index in [1.165, 1.54) is 0 Å². The Kier molecular flexibility index (Phi) is 3.92. The van der Waals surface area contributed by atoms with E-state index in [1.807, 2.05) is 46.8 Å². The van der Waals surface area contributed by atoms with Gasteiger partial charge in [0.25, 0.3) is 0 Å². The Bertz CT molecular complexity index is 198. The molecule has 0 aliphatic rings. The maximum absolute atomic E-state index is 10.5. The van der Waals surface area contributed by atoms with Crippen LogP contribution in [0.15, 0.2) is 24.8 Å². The minimum Gasteiger partial charge on any atom is -0.385 e. The van der Waals surface area contributed by atoms with Gasteiger partial charge in [-0.25, -0.2) is 0 Å². The average Bonchev–Trinajstić information content (AvgIpc) is 2.01. The number of allylic oxidation sites excluding steroid dienone is 1. The lowest BCUT2D eigenvalue weighted by molar-refractivity contribution is -0.0428. The van der Waals surface area contributed by atoms with Crippen LogP contribution in [-0.4, -0.2) is 10.7 Å². The summed E-state index contributed by atoms with van der Waals surface area (Å²) in [5, 5.41) is 10.5. The molecule has 0 saturated heterocycles. The Balaban J connectivity index is 5.06. The SMILES string of the molecule is C=C[C@H](C)[C@@](O)(/C=C/C)C(C)(C)C. The summed E-state index contributed by atoms with van der Waals surface area (Å²) in [5.74, 6) is 0.0590. The Morgan fingerprint density at radius 2 is 1.77 bits per heavy atom. The normalized spacial score (nSPS) is 19.8. The van der Waals surface area contributed by atoms with Gasteiger partial charge in [-0.15, -0.1) is 6.58 Å². The topological polar surface area (TPSA) is 20.2 Å². The molecule has 0 unspecified atom stereocenters. The maximum atomic E-state index is 10.5. The van der Waals surface area contributed by atoms with Gasteiger partial charge in [0, 0.05) is 5.92 Å². The van der Waals surface area contributed by atoms with Gasteiger partial charge in [-0.2, -0.15) is 0 Å². The van der Waals surface area contributed by atoms with E-state index in [1.54, 1.807) is 6.08 Å². The molecule has 0 aliphatic heterocycles. The highest BCUT2D eigenvalue weighted by molar-refractivity contribution is 5.12. The molecular formula is C12H22O. The third-order valence-corrected chi connectivity index (χ3v) is 2.67. The smallest absolute Gasteiger partial charge is 0.0935 e. The lowest BCUT2D eigenvalue weighted by atomic mass is 9.69. The summed E-state index contributed by atoms with van der Waals surface area (Å²) in [6.45, 7) is 13.7. The van der Waals surface area contributed by atoms with Crippen molar-refractivity contribution in [2.75, 3.05) is 0 Å². The van der Waals surface area contributed by atoms with Crippen molar-refractivity contribution < 1.29 is 5.11 Å². The molecule has 13 heavy (non-hydrogen) atoms. The van der Waals surface area contributed by atoms with Crippen molar-refractivity contribution in [1.82, 2.24) is 0 Å². The van der Waals surface area contributed by atoms with Crippen LogP contribution in [0.25, 0.3) is 0 Å². The second kappa shape index (κ2) is 4.10. The Hall–Kier alpha value is -0.560. The van der Waals surface area contributed by atoms with Crippen LogP contribution >= 0.6 is 0 Å². The fourth-order valence-corrected chi connectivity index (χ4v) is 1.52. The first-order valence-corrected chi connectivity index (χ1v) is 4.78. The minimum atomic E-state index is -0.802. The molecule has 0 spiro atoms. The molecule has 0 aromatic heterocycles. The van der Waals surface area contributed by atoms with Gasteiger partial charge in [-0.3, -0.25) is 0 Å². The zero-order chi connectivity index (χ0) is 10.7. The van der Waals surface area contributed by atoms with Crippen molar-refractivity contribution >= 4 is 0 Å². The van der Waals surface area contributed by atoms with Crippen LogP contribution in [-0.2, 0) is 0 Å². The van der Waals surface area contributed by atoms with E-state index >= 15 is 0 Å². The van der Waals surface area contributed by atoms with Crippen LogP contribution in [0.2, 0.25) is 0 Å². The van der Waals surface area contributed by atoms with Crippen molar-refractivity contribution in [2.45, 2.75) is 40.2 Å². The molecule has 0 heterocycles. The summed E-state index contributed by atoms with van der Waals surface area (Å²) in [6.07, 6.45) is 5.55. The first kappa shape index (κ1) is 12.4. The van der Waals surface area contributed by atoms with E-state index in [9.17, 15) is 5.11 Å². The summed E-state index contributed by atoms with van der Waals surface area (Å²) in [7, 11) is 0. The van der Waals surface area contributed by atoms with E-state index in [0.29, 0.717) is 0 Å². The monoisotopic (exact) mass is 182 g/mol. The lowest BCUT2D eigenvalue weighted by Gasteiger charge is -2.41. The molecule has 0 fully saturated rings. The molecule has 1 N–H and O–H groups in total. The zero-order valence-corrected chi connectivity index (χ0v) is 9.46. The fourth-order valence-electron chi connectivity index (χ4n) is 1.52. The van der Waals surface area contributed by atoms with Gasteiger partial charge in [0.1, 0.15) is 0 Å². The third-order valence-electron chi connectivity index (χ3n) is 2.67. The number of aliphatic hydroxyl groups is 1. The van der Waals surface area contributed by atoms with Crippen LogP contribution in [0.1, 0.15) is 34.6 Å². The van der Waals surface area contributed by atoms with E-state index in [4.69, 9.17) is 0 Å². The van der Waals surface area contributed by atoms with Crippen LogP contribution in [0.4, 0.5) is 0 Å². The second-order valence-electron chi connectivity index (χ2n) is 4.60. The number of hydrogen-bond donors (Lipinski definition) is 1. The largest absolute Gasteiger partial charge is 0.385 e. The molecule has 0 aliphatic carbocycles. The zero-order valence-electron chi connectivity index (χ0n) is 9.46. The predicted molar refractivity (Wildman–Crippen MR) is 58.6 cm³/mol. The highest BCUT2D eigenvalue weighted by Crippen LogP contribution is 2.38. The van der Waals surface area contributed by atoms with E-state index in [-0.39, 0.29) is 11.3 Å². The van der Waals surface area contributed by atoms with E-state index < -0.39 is 5.60 Å². The molecule has 0 rings (SSSR count). The van der Waals surface area contributed by atoms with E-state index in [2.05, 4.69) is 6.58 Å². The molecule has 0 saturated carbocycles. The standard InChI is InChI=1S/C12H22O/c1-7-9-12(13,10(3)8-2)11(4,5)6/h7-10,13H,2H2,1,3-6H3/b9-7+/t10-,12-/m0/s1.